The first-order valence-corrected chi connectivity index (χ1v) is 11.2. The molecule has 0 aliphatic heterocycles. The minimum atomic E-state index is -4.74. The average molecular weight is 481 g/mol. The zero-order chi connectivity index (χ0) is 23.0. The van der Waals surface area contributed by atoms with E-state index in [0.29, 0.717) is 16.3 Å². The van der Waals surface area contributed by atoms with Crippen LogP contribution in [0.2, 0.25) is 0 Å². The predicted octanol–water partition coefficient (Wildman–Crippen LogP) is 6.61. The summed E-state index contributed by atoms with van der Waals surface area (Å²) in [6, 6.07) is 10.5. The molecule has 2 aromatic heterocycles. The summed E-state index contributed by atoms with van der Waals surface area (Å²) >= 11 is 2.88. The summed E-state index contributed by atoms with van der Waals surface area (Å²) in [5, 5.41) is 10.4. The highest BCUT2D eigenvalue weighted by Crippen LogP contribution is 2.36. The van der Waals surface area contributed by atoms with Gasteiger partial charge in [0.15, 0.2) is 0 Å². The van der Waals surface area contributed by atoms with Crippen molar-refractivity contribution in [3.05, 3.63) is 70.6 Å². The Kier molecular flexibility index (Phi) is 6.00. The van der Waals surface area contributed by atoms with Gasteiger partial charge in [0.25, 0.3) is 0 Å². The number of aliphatic carboxylic acids is 1. The summed E-state index contributed by atoms with van der Waals surface area (Å²) in [4.78, 5) is 17.3. The SMILES string of the molecule is Cc1nc(-c2ccc(C(F)(F)F)c(F)c2)sc1CSc1ccc2c(ccn2CC(=O)O)c1. The van der Waals surface area contributed by atoms with Gasteiger partial charge in [-0.2, -0.15) is 13.2 Å². The van der Waals surface area contributed by atoms with Crippen molar-refractivity contribution in [2.24, 2.45) is 0 Å². The van der Waals surface area contributed by atoms with E-state index in [9.17, 15) is 22.4 Å². The molecule has 166 valence electrons. The molecule has 2 aromatic carbocycles. The normalized spacial score (nSPS) is 11.9. The van der Waals surface area contributed by atoms with Gasteiger partial charge < -0.3 is 9.67 Å². The molecule has 0 unspecified atom stereocenters. The van der Waals surface area contributed by atoms with E-state index in [4.69, 9.17) is 5.11 Å². The van der Waals surface area contributed by atoms with E-state index in [-0.39, 0.29) is 6.54 Å². The topological polar surface area (TPSA) is 55.1 Å². The number of hydrogen-bond acceptors (Lipinski definition) is 4. The minimum Gasteiger partial charge on any atom is -0.480 e. The number of benzene rings is 2. The van der Waals surface area contributed by atoms with Crippen LogP contribution in [-0.2, 0) is 23.3 Å². The van der Waals surface area contributed by atoms with Crippen molar-refractivity contribution in [1.29, 1.82) is 0 Å². The van der Waals surface area contributed by atoms with E-state index >= 15 is 0 Å². The molecule has 0 atom stereocenters. The van der Waals surface area contributed by atoms with E-state index in [2.05, 4.69) is 4.98 Å². The number of aromatic nitrogens is 2. The summed E-state index contributed by atoms with van der Waals surface area (Å²) in [5.74, 6) is -1.64. The quantitative estimate of drug-likeness (QED) is 0.249. The number of halogens is 4. The number of alkyl halides is 3. The Balaban J connectivity index is 1.51. The van der Waals surface area contributed by atoms with Crippen molar-refractivity contribution in [3.8, 4) is 10.6 Å². The van der Waals surface area contributed by atoms with Crippen LogP contribution in [0.4, 0.5) is 17.6 Å². The van der Waals surface area contributed by atoms with Gasteiger partial charge >= 0.3 is 12.1 Å². The van der Waals surface area contributed by atoms with Crippen LogP contribution in [0.5, 0.6) is 0 Å². The molecular formula is C22H16F4N2O2S2. The zero-order valence-electron chi connectivity index (χ0n) is 16.6. The van der Waals surface area contributed by atoms with Crippen molar-refractivity contribution in [1.82, 2.24) is 9.55 Å². The lowest BCUT2D eigenvalue weighted by molar-refractivity contribution is -0.140. The fourth-order valence-corrected chi connectivity index (χ4v) is 5.41. The molecule has 4 nitrogen and oxygen atoms in total. The summed E-state index contributed by atoms with van der Waals surface area (Å²) in [6.45, 7) is 1.70. The van der Waals surface area contributed by atoms with E-state index in [1.165, 1.54) is 17.4 Å². The standard InChI is InChI=1S/C22H16F4N2O2S2/c1-12-19(32-21(27-12)14-2-4-16(17(23)9-14)22(24,25)26)11-31-15-3-5-18-13(8-15)6-7-28(18)10-20(29)30/h2-9H,10-11H2,1H3,(H,29,30). The Labute approximate surface area is 188 Å². The maximum Gasteiger partial charge on any atom is 0.419 e. The van der Waals surface area contributed by atoms with Crippen LogP contribution >= 0.6 is 23.1 Å². The molecule has 0 bridgehead atoms. The van der Waals surface area contributed by atoms with Gasteiger partial charge in [0.05, 0.1) is 11.3 Å². The van der Waals surface area contributed by atoms with Gasteiger partial charge in [-0.1, -0.05) is 6.07 Å². The zero-order valence-corrected chi connectivity index (χ0v) is 18.2. The van der Waals surface area contributed by atoms with Gasteiger partial charge in [-0.3, -0.25) is 4.79 Å². The Bertz CT molecular complexity index is 1310. The maximum atomic E-state index is 13.9. The van der Waals surface area contributed by atoms with Crippen LogP contribution < -0.4 is 0 Å². The van der Waals surface area contributed by atoms with Crippen LogP contribution in [0.15, 0.2) is 53.6 Å². The first-order chi connectivity index (χ1) is 15.1. The Morgan fingerprint density at radius 2 is 1.97 bits per heavy atom. The summed E-state index contributed by atoms with van der Waals surface area (Å²) in [7, 11) is 0. The molecule has 1 N–H and O–H groups in total. The van der Waals surface area contributed by atoms with E-state index < -0.39 is 23.5 Å². The second kappa shape index (κ2) is 8.59. The molecule has 4 aromatic rings. The highest BCUT2D eigenvalue weighted by atomic mass is 32.2. The van der Waals surface area contributed by atoms with Crippen molar-refractivity contribution in [2.75, 3.05) is 0 Å². The van der Waals surface area contributed by atoms with Gasteiger partial charge in [0.2, 0.25) is 0 Å². The third-order valence-electron chi connectivity index (χ3n) is 4.83. The van der Waals surface area contributed by atoms with E-state index in [1.54, 1.807) is 22.5 Å². The third-order valence-corrected chi connectivity index (χ3v) is 7.24. The molecule has 0 fully saturated rings. The molecular weight excluding hydrogens is 464 g/mol. The number of fused-ring (bicyclic) bond motifs is 1. The number of hydrogen-bond donors (Lipinski definition) is 1. The van der Waals surface area contributed by atoms with Crippen LogP contribution in [0.25, 0.3) is 21.5 Å². The molecule has 10 heteroatoms. The highest BCUT2D eigenvalue weighted by molar-refractivity contribution is 7.98. The lowest BCUT2D eigenvalue weighted by Crippen LogP contribution is -2.07. The number of rotatable bonds is 6. The molecule has 4 rings (SSSR count). The average Bonchev–Trinajstić information content (AvgIpc) is 3.28. The molecule has 2 heterocycles. The Morgan fingerprint density at radius 3 is 2.66 bits per heavy atom. The first-order valence-electron chi connectivity index (χ1n) is 9.39. The lowest BCUT2D eigenvalue weighted by Gasteiger charge is -2.08. The largest absolute Gasteiger partial charge is 0.480 e. The Morgan fingerprint density at radius 1 is 1.19 bits per heavy atom. The molecule has 0 saturated heterocycles. The fourth-order valence-electron chi connectivity index (χ4n) is 3.26. The van der Waals surface area contributed by atoms with Crippen molar-refractivity contribution >= 4 is 40.0 Å². The molecule has 0 radical (unpaired) electrons. The third kappa shape index (κ3) is 4.66. The van der Waals surface area contributed by atoms with Gasteiger partial charge in [-0.25, -0.2) is 9.37 Å². The molecule has 32 heavy (non-hydrogen) atoms. The fraction of sp³-hybridized carbons (Fsp3) is 0.182. The smallest absolute Gasteiger partial charge is 0.419 e. The van der Waals surface area contributed by atoms with Crippen molar-refractivity contribution < 1.29 is 27.5 Å². The first kappa shape index (κ1) is 22.3. The number of carboxylic acids is 1. The number of carboxylic acid groups (broad SMARTS) is 1. The maximum absolute atomic E-state index is 13.9. The van der Waals surface area contributed by atoms with Crippen molar-refractivity contribution in [3.63, 3.8) is 0 Å². The lowest BCUT2D eigenvalue weighted by atomic mass is 10.1. The van der Waals surface area contributed by atoms with E-state index in [0.717, 1.165) is 38.5 Å². The number of nitrogens with zero attached hydrogens (tertiary/aromatic N) is 2. The molecule has 0 amide bonds. The number of aryl methyl sites for hydroxylation is 1. The summed E-state index contributed by atoms with van der Waals surface area (Å²) in [5.41, 5.74) is 0.586. The molecule has 0 aliphatic rings. The number of thioether (sulfide) groups is 1. The van der Waals surface area contributed by atoms with Crippen LogP contribution in [0.1, 0.15) is 16.1 Å². The van der Waals surface area contributed by atoms with Crippen LogP contribution in [-0.4, -0.2) is 20.6 Å². The predicted molar refractivity (Wildman–Crippen MR) is 116 cm³/mol. The molecule has 0 spiro atoms. The monoisotopic (exact) mass is 480 g/mol. The van der Waals surface area contributed by atoms with Gasteiger partial charge in [0, 0.05) is 38.2 Å². The highest BCUT2D eigenvalue weighted by Gasteiger charge is 2.34. The second-order valence-corrected chi connectivity index (χ2v) is 9.20. The Hall–Kier alpha value is -2.85. The van der Waals surface area contributed by atoms with Gasteiger partial charge in [-0.05, 0) is 43.3 Å². The second-order valence-electron chi connectivity index (χ2n) is 7.07. The van der Waals surface area contributed by atoms with Crippen LogP contribution in [0, 0.1) is 12.7 Å². The minimum absolute atomic E-state index is 0.108. The van der Waals surface area contributed by atoms with Gasteiger partial charge in [-0.15, -0.1) is 23.1 Å². The number of carbonyl (C=O) groups is 1. The molecule has 0 aliphatic carbocycles. The van der Waals surface area contributed by atoms with Crippen LogP contribution in [0.3, 0.4) is 0 Å². The summed E-state index contributed by atoms with van der Waals surface area (Å²) in [6.07, 6.45) is -3.01. The van der Waals surface area contributed by atoms with E-state index in [1.807, 2.05) is 31.2 Å². The van der Waals surface area contributed by atoms with Crippen molar-refractivity contribution in [2.45, 2.75) is 30.3 Å². The van der Waals surface area contributed by atoms with Gasteiger partial charge in [0.1, 0.15) is 17.4 Å². The molecule has 0 saturated carbocycles. The number of thiazole rings is 1. The summed E-state index contributed by atoms with van der Waals surface area (Å²) < 4.78 is 53.9.